The molecule has 0 heterocycles. The van der Waals surface area contributed by atoms with Crippen LogP contribution in [0.25, 0.3) is 0 Å². The molecule has 168 valence electrons. The minimum atomic E-state index is 0.846. The molecule has 3 aliphatic carbocycles. The molecule has 0 amide bonds. The molecule has 0 spiro atoms. The molecule has 3 aliphatic rings. The monoisotopic (exact) mass is 400 g/mol. The van der Waals surface area contributed by atoms with Crippen LogP contribution >= 0.6 is 0 Å². The highest BCUT2D eigenvalue weighted by Gasteiger charge is 2.38. The van der Waals surface area contributed by atoms with Gasteiger partial charge in [-0.05, 0) is 105 Å². The van der Waals surface area contributed by atoms with E-state index in [0.717, 1.165) is 53.3 Å². The normalized spacial score (nSPS) is 36.4. The molecule has 0 aromatic heterocycles. The Hall–Kier alpha value is -0.260. The second kappa shape index (κ2) is 11.4. The molecule has 0 aliphatic heterocycles. The van der Waals surface area contributed by atoms with E-state index in [0.29, 0.717) is 0 Å². The Kier molecular flexibility index (Phi) is 9.19. The molecule has 0 bridgehead atoms. The summed E-state index contributed by atoms with van der Waals surface area (Å²) >= 11 is 0. The Morgan fingerprint density at radius 1 is 0.931 bits per heavy atom. The standard InChI is InChI=1S/C29H52/c1-6-10-27(11-7-2)29-20-24(16-22(29)5)18-23-14-15-28(19-23)25(8-3)17-21(4)26-12-9-13-26/h6,10,21-29H,7-9,11-20H2,1-5H3/b10-6-. The van der Waals surface area contributed by atoms with Crippen molar-refractivity contribution in [3.63, 3.8) is 0 Å². The zero-order valence-corrected chi connectivity index (χ0v) is 20.5. The minimum absolute atomic E-state index is 0.846. The quantitative estimate of drug-likeness (QED) is 0.303. The number of rotatable bonds is 11. The maximum atomic E-state index is 2.57. The van der Waals surface area contributed by atoms with Crippen molar-refractivity contribution in [1.82, 2.24) is 0 Å². The Morgan fingerprint density at radius 3 is 2.34 bits per heavy atom. The summed E-state index contributed by atoms with van der Waals surface area (Å²) in [5.74, 6) is 8.97. The van der Waals surface area contributed by atoms with Gasteiger partial charge in [-0.1, -0.05) is 78.4 Å². The zero-order valence-electron chi connectivity index (χ0n) is 20.5. The SMILES string of the molecule is C/C=C\C(CCC)C1CC(CC2CCC(C(CC)CC(C)C3CCC3)C2)CC1C. The van der Waals surface area contributed by atoms with E-state index in [9.17, 15) is 0 Å². The summed E-state index contributed by atoms with van der Waals surface area (Å²) in [4.78, 5) is 0. The van der Waals surface area contributed by atoms with E-state index in [1.54, 1.807) is 25.7 Å². The lowest BCUT2D eigenvalue weighted by Crippen LogP contribution is -2.24. The largest absolute Gasteiger partial charge is 0.0914 e. The lowest BCUT2D eigenvalue weighted by molar-refractivity contribution is 0.162. The summed E-state index contributed by atoms with van der Waals surface area (Å²) < 4.78 is 0. The van der Waals surface area contributed by atoms with Gasteiger partial charge < -0.3 is 0 Å². The molecule has 0 radical (unpaired) electrons. The molecule has 0 aromatic carbocycles. The van der Waals surface area contributed by atoms with Gasteiger partial charge in [-0.15, -0.1) is 0 Å². The fourth-order valence-corrected chi connectivity index (χ4v) is 7.84. The van der Waals surface area contributed by atoms with Gasteiger partial charge in [-0.2, -0.15) is 0 Å². The minimum Gasteiger partial charge on any atom is -0.0914 e. The van der Waals surface area contributed by atoms with E-state index in [1.165, 1.54) is 57.8 Å². The van der Waals surface area contributed by atoms with Crippen LogP contribution in [0, 0.1) is 53.3 Å². The van der Waals surface area contributed by atoms with Gasteiger partial charge >= 0.3 is 0 Å². The van der Waals surface area contributed by atoms with Crippen LogP contribution in [-0.2, 0) is 0 Å². The topological polar surface area (TPSA) is 0 Å². The van der Waals surface area contributed by atoms with Gasteiger partial charge in [-0.25, -0.2) is 0 Å². The Labute approximate surface area is 183 Å². The van der Waals surface area contributed by atoms with Gasteiger partial charge in [0.2, 0.25) is 0 Å². The average molecular weight is 401 g/mol. The van der Waals surface area contributed by atoms with E-state index in [1.807, 2.05) is 0 Å². The van der Waals surface area contributed by atoms with E-state index in [-0.39, 0.29) is 0 Å². The fraction of sp³-hybridized carbons (Fsp3) is 0.931. The van der Waals surface area contributed by atoms with E-state index < -0.39 is 0 Å². The molecule has 3 rings (SSSR count). The summed E-state index contributed by atoms with van der Waals surface area (Å²) in [6.07, 6.45) is 24.4. The summed E-state index contributed by atoms with van der Waals surface area (Å²) in [6.45, 7) is 12.2. The third-order valence-electron chi connectivity index (χ3n) is 9.72. The molecular formula is C29H52. The lowest BCUT2D eigenvalue weighted by Gasteiger charge is -2.35. The third kappa shape index (κ3) is 6.13. The molecule has 3 fully saturated rings. The second-order valence-corrected chi connectivity index (χ2v) is 11.7. The maximum absolute atomic E-state index is 2.57. The molecule has 0 nitrogen and oxygen atoms in total. The van der Waals surface area contributed by atoms with Crippen molar-refractivity contribution in [2.45, 2.75) is 118 Å². The predicted molar refractivity (Wildman–Crippen MR) is 129 cm³/mol. The van der Waals surface area contributed by atoms with Crippen LogP contribution in [0.1, 0.15) is 118 Å². The predicted octanol–water partition coefficient (Wildman–Crippen LogP) is 9.30. The van der Waals surface area contributed by atoms with Gasteiger partial charge in [0.15, 0.2) is 0 Å². The van der Waals surface area contributed by atoms with Crippen LogP contribution < -0.4 is 0 Å². The smallest absolute Gasteiger partial charge is 0.0203 e. The second-order valence-electron chi connectivity index (χ2n) is 11.7. The zero-order chi connectivity index (χ0) is 20.8. The van der Waals surface area contributed by atoms with Gasteiger partial charge in [0, 0.05) is 0 Å². The highest BCUT2D eigenvalue weighted by Crippen LogP contribution is 2.49. The molecule has 8 unspecified atom stereocenters. The van der Waals surface area contributed by atoms with E-state index in [4.69, 9.17) is 0 Å². The number of hydrogen-bond donors (Lipinski definition) is 0. The number of hydrogen-bond acceptors (Lipinski definition) is 0. The van der Waals surface area contributed by atoms with Crippen molar-refractivity contribution in [3.8, 4) is 0 Å². The van der Waals surface area contributed by atoms with E-state index >= 15 is 0 Å². The molecular weight excluding hydrogens is 348 g/mol. The van der Waals surface area contributed by atoms with Crippen LogP contribution in [0.3, 0.4) is 0 Å². The van der Waals surface area contributed by atoms with Crippen molar-refractivity contribution in [2.24, 2.45) is 53.3 Å². The highest BCUT2D eigenvalue weighted by atomic mass is 14.4. The van der Waals surface area contributed by atoms with Crippen molar-refractivity contribution < 1.29 is 0 Å². The summed E-state index contributed by atoms with van der Waals surface area (Å²) in [7, 11) is 0. The molecule has 29 heavy (non-hydrogen) atoms. The van der Waals surface area contributed by atoms with E-state index in [2.05, 4.69) is 46.8 Å². The first-order valence-corrected chi connectivity index (χ1v) is 13.7. The first kappa shape index (κ1) is 23.4. The molecule has 0 heteroatoms. The third-order valence-corrected chi connectivity index (χ3v) is 9.72. The Balaban J connectivity index is 1.46. The van der Waals surface area contributed by atoms with Crippen LogP contribution in [0.5, 0.6) is 0 Å². The van der Waals surface area contributed by atoms with Crippen LogP contribution in [0.4, 0.5) is 0 Å². The Morgan fingerprint density at radius 2 is 1.72 bits per heavy atom. The summed E-state index contributed by atoms with van der Waals surface area (Å²) in [5.41, 5.74) is 0. The van der Waals surface area contributed by atoms with Crippen molar-refractivity contribution >= 4 is 0 Å². The first-order valence-electron chi connectivity index (χ1n) is 13.7. The molecule has 0 aromatic rings. The maximum Gasteiger partial charge on any atom is -0.0203 e. The van der Waals surface area contributed by atoms with Crippen molar-refractivity contribution in [2.75, 3.05) is 0 Å². The van der Waals surface area contributed by atoms with Gasteiger partial charge in [0.25, 0.3) is 0 Å². The molecule has 0 N–H and O–H groups in total. The summed E-state index contributed by atoms with van der Waals surface area (Å²) in [5, 5.41) is 0. The van der Waals surface area contributed by atoms with Crippen molar-refractivity contribution in [1.29, 1.82) is 0 Å². The Bertz CT molecular complexity index is 486. The molecule has 8 atom stereocenters. The lowest BCUT2D eigenvalue weighted by atomic mass is 9.71. The van der Waals surface area contributed by atoms with Gasteiger partial charge in [0.1, 0.15) is 0 Å². The van der Waals surface area contributed by atoms with Gasteiger partial charge in [0.05, 0.1) is 0 Å². The molecule has 3 saturated carbocycles. The molecule has 0 saturated heterocycles. The summed E-state index contributed by atoms with van der Waals surface area (Å²) in [6, 6.07) is 0. The first-order chi connectivity index (χ1) is 14.0. The number of allylic oxidation sites excluding steroid dienone is 2. The van der Waals surface area contributed by atoms with Crippen LogP contribution in [0.15, 0.2) is 12.2 Å². The highest BCUT2D eigenvalue weighted by molar-refractivity contribution is 4.96. The van der Waals surface area contributed by atoms with Crippen molar-refractivity contribution in [3.05, 3.63) is 12.2 Å². The van der Waals surface area contributed by atoms with Crippen LogP contribution in [0.2, 0.25) is 0 Å². The fourth-order valence-electron chi connectivity index (χ4n) is 7.84. The van der Waals surface area contributed by atoms with Gasteiger partial charge in [-0.3, -0.25) is 0 Å². The average Bonchev–Trinajstić information content (AvgIpc) is 3.25. The van der Waals surface area contributed by atoms with Crippen LogP contribution in [-0.4, -0.2) is 0 Å².